The normalized spacial score (nSPS) is 13.6. The van der Waals surface area contributed by atoms with Gasteiger partial charge in [-0.05, 0) is 78.1 Å². The second-order valence-corrected chi connectivity index (χ2v) is 9.62. The molecule has 1 amide bonds. The molecule has 0 unspecified atom stereocenters. The largest absolute Gasteiger partial charge is 0.416 e. The molecule has 1 fully saturated rings. The number of carbonyl (C=O) groups is 1. The molecule has 0 heterocycles. The van der Waals surface area contributed by atoms with Crippen molar-refractivity contribution >= 4 is 23.2 Å². The molecule has 0 atom stereocenters. The van der Waals surface area contributed by atoms with Crippen molar-refractivity contribution in [3.8, 4) is 0 Å². The summed E-state index contributed by atoms with van der Waals surface area (Å²) < 4.78 is 54.2. The van der Waals surface area contributed by atoms with Crippen LogP contribution < -0.4 is 5.73 Å². The molecule has 3 aromatic carbocycles. The van der Waals surface area contributed by atoms with Crippen molar-refractivity contribution in [2.24, 2.45) is 0 Å². The lowest BCUT2D eigenvalue weighted by Gasteiger charge is -2.25. The summed E-state index contributed by atoms with van der Waals surface area (Å²) in [4.78, 5) is 15.2. The number of anilines is 1. The van der Waals surface area contributed by atoms with Crippen LogP contribution >= 0.6 is 11.6 Å². The highest BCUT2D eigenvalue weighted by atomic mass is 35.5. The number of nitrogen functional groups attached to an aromatic ring is 1. The van der Waals surface area contributed by atoms with Gasteiger partial charge < -0.3 is 10.6 Å². The zero-order chi connectivity index (χ0) is 26.0. The maximum atomic E-state index is 14.7. The quantitative estimate of drug-likeness (QED) is 0.249. The highest BCUT2D eigenvalue weighted by Crippen LogP contribution is 2.41. The number of rotatable bonds is 8. The van der Waals surface area contributed by atoms with Crippen molar-refractivity contribution in [3.05, 3.63) is 98.8 Å². The molecule has 4 rings (SSSR count). The van der Waals surface area contributed by atoms with Crippen LogP contribution in [0.1, 0.15) is 63.9 Å². The third-order valence-corrected chi connectivity index (χ3v) is 6.72. The fourth-order valence-electron chi connectivity index (χ4n) is 4.45. The average Bonchev–Trinajstić information content (AvgIpc) is 3.66. The molecule has 1 aliphatic rings. The maximum Gasteiger partial charge on any atom is 0.416 e. The Bertz CT molecular complexity index is 1270. The first-order valence-corrected chi connectivity index (χ1v) is 12.3. The predicted octanol–water partition coefficient (Wildman–Crippen LogP) is 7.41. The average molecular weight is 519 g/mol. The number of nitrogens with zero attached hydrogens (tertiary/aromatic N) is 1. The van der Waals surface area contributed by atoms with Gasteiger partial charge in [-0.15, -0.1) is 0 Å². The first-order valence-electron chi connectivity index (χ1n) is 11.9. The summed E-state index contributed by atoms with van der Waals surface area (Å²) in [6.45, 7) is 2.09. The molecule has 0 saturated heterocycles. The number of benzene rings is 3. The third kappa shape index (κ3) is 6.01. The van der Waals surface area contributed by atoms with Crippen molar-refractivity contribution in [2.75, 3.05) is 12.3 Å². The van der Waals surface area contributed by atoms with Crippen LogP contribution in [0.25, 0.3) is 0 Å². The van der Waals surface area contributed by atoms with Gasteiger partial charge in [0.05, 0.1) is 5.56 Å². The molecule has 0 radical (unpaired) electrons. The van der Waals surface area contributed by atoms with E-state index in [1.54, 1.807) is 30.3 Å². The van der Waals surface area contributed by atoms with Gasteiger partial charge in [0.1, 0.15) is 5.82 Å². The molecule has 3 nitrogen and oxygen atoms in total. The van der Waals surface area contributed by atoms with Gasteiger partial charge in [-0.25, -0.2) is 4.39 Å². The molecule has 0 bridgehead atoms. The van der Waals surface area contributed by atoms with Crippen molar-refractivity contribution in [2.45, 2.75) is 51.2 Å². The lowest BCUT2D eigenvalue weighted by molar-refractivity contribution is -0.137. The molecule has 8 heteroatoms. The minimum Gasteiger partial charge on any atom is -0.398 e. The van der Waals surface area contributed by atoms with Crippen LogP contribution in [0.5, 0.6) is 0 Å². The zero-order valence-electron chi connectivity index (χ0n) is 19.8. The van der Waals surface area contributed by atoms with Crippen molar-refractivity contribution in [1.82, 2.24) is 4.90 Å². The summed E-state index contributed by atoms with van der Waals surface area (Å²) in [5, 5.41) is 0.311. The first-order chi connectivity index (χ1) is 17.1. The van der Waals surface area contributed by atoms with Crippen LogP contribution in [0.2, 0.25) is 5.02 Å². The molecule has 0 spiro atoms. The van der Waals surface area contributed by atoms with Gasteiger partial charge in [0.2, 0.25) is 0 Å². The summed E-state index contributed by atoms with van der Waals surface area (Å²) >= 11 is 6.19. The van der Waals surface area contributed by atoms with Crippen molar-refractivity contribution < 1.29 is 22.4 Å². The van der Waals surface area contributed by atoms with Gasteiger partial charge >= 0.3 is 6.18 Å². The topological polar surface area (TPSA) is 46.3 Å². The van der Waals surface area contributed by atoms with Gasteiger partial charge in [0.25, 0.3) is 5.91 Å². The Kier molecular flexibility index (Phi) is 7.59. The van der Waals surface area contributed by atoms with E-state index in [0.29, 0.717) is 44.9 Å². The summed E-state index contributed by atoms with van der Waals surface area (Å²) in [6, 6.07) is 13.2. The van der Waals surface area contributed by atoms with E-state index in [9.17, 15) is 22.4 Å². The van der Waals surface area contributed by atoms with Crippen LogP contribution in [0.3, 0.4) is 0 Å². The van der Waals surface area contributed by atoms with E-state index in [1.807, 2.05) is 6.92 Å². The van der Waals surface area contributed by atoms with Gasteiger partial charge in [0, 0.05) is 29.4 Å². The number of hydrogen-bond acceptors (Lipinski definition) is 2. The molecular weight excluding hydrogens is 492 g/mol. The lowest BCUT2D eigenvalue weighted by atomic mass is 10.0. The van der Waals surface area contributed by atoms with Gasteiger partial charge in [0.15, 0.2) is 0 Å². The molecule has 2 N–H and O–H groups in total. The molecule has 36 heavy (non-hydrogen) atoms. The zero-order valence-corrected chi connectivity index (χ0v) is 20.6. The van der Waals surface area contributed by atoms with Gasteiger partial charge in [-0.1, -0.05) is 48.9 Å². The SMILES string of the molecule is CCc1c(N)cc(Cl)cc1C(=O)N(CCc1cccc(C(F)(F)F)c1)Cc1ccc(C2CC2)c(F)c1. The Morgan fingerprint density at radius 3 is 2.47 bits per heavy atom. The summed E-state index contributed by atoms with van der Waals surface area (Å²) in [5.41, 5.74) is 8.45. The van der Waals surface area contributed by atoms with E-state index in [4.69, 9.17) is 17.3 Å². The Morgan fingerprint density at radius 2 is 1.83 bits per heavy atom. The second-order valence-electron chi connectivity index (χ2n) is 9.18. The number of halogens is 5. The molecule has 3 aromatic rings. The van der Waals surface area contributed by atoms with Crippen molar-refractivity contribution in [1.29, 1.82) is 0 Å². The third-order valence-electron chi connectivity index (χ3n) is 6.50. The lowest BCUT2D eigenvalue weighted by Crippen LogP contribution is -2.33. The standard InChI is InChI=1S/C28H27ClF4N2O/c1-2-22-24(14-21(29)15-26(22)34)27(36)35(11-10-17-4-3-5-20(12-17)28(31,32)33)16-18-6-9-23(19-7-8-19)25(30)13-18/h3-6,9,12-15,19H,2,7-8,10-11,16,34H2,1H3. The highest BCUT2D eigenvalue weighted by molar-refractivity contribution is 6.31. The minimum absolute atomic E-state index is 0.0925. The predicted molar refractivity (Wildman–Crippen MR) is 134 cm³/mol. The molecular formula is C28H27ClF4N2O. The van der Waals surface area contributed by atoms with Crippen LogP contribution in [-0.2, 0) is 25.6 Å². The number of carbonyl (C=O) groups excluding carboxylic acids is 1. The van der Waals surface area contributed by atoms with Gasteiger partial charge in [-0.3, -0.25) is 4.79 Å². The number of nitrogens with two attached hydrogens (primary N) is 1. The minimum atomic E-state index is -4.46. The monoisotopic (exact) mass is 518 g/mol. The van der Waals surface area contributed by atoms with E-state index in [-0.39, 0.29) is 37.2 Å². The van der Waals surface area contributed by atoms with E-state index in [0.717, 1.165) is 25.0 Å². The molecule has 1 aliphatic carbocycles. The van der Waals surface area contributed by atoms with E-state index in [1.165, 1.54) is 17.0 Å². The van der Waals surface area contributed by atoms with Crippen molar-refractivity contribution in [3.63, 3.8) is 0 Å². The van der Waals surface area contributed by atoms with E-state index >= 15 is 0 Å². The Morgan fingerprint density at radius 1 is 1.08 bits per heavy atom. The molecule has 0 aliphatic heterocycles. The number of alkyl halides is 3. The Labute approximate surface area is 212 Å². The fourth-order valence-corrected chi connectivity index (χ4v) is 4.67. The Hall–Kier alpha value is -3.06. The molecule has 0 aromatic heterocycles. The Balaban J connectivity index is 1.63. The second kappa shape index (κ2) is 10.5. The van der Waals surface area contributed by atoms with Crippen LogP contribution in [-0.4, -0.2) is 17.4 Å². The van der Waals surface area contributed by atoms with Crippen LogP contribution in [0.4, 0.5) is 23.2 Å². The van der Waals surface area contributed by atoms with Gasteiger partial charge in [-0.2, -0.15) is 13.2 Å². The number of amides is 1. The molecule has 190 valence electrons. The summed E-state index contributed by atoms with van der Waals surface area (Å²) in [5.74, 6) is -0.416. The first kappa shape index (κ1) is 26.0. The summed E-state index contributed by atoms with van der Waals surface area (Å²) in [6.07, 6.45) is -1.84. The smallest absolute Gasteiger partial charge is 0.398 e. The van der Waals surface area contributed by atoms with E-state index in [2.05, 4.69) is 0 Å². The summed E-state index contributed by atoms with van der Waals surface area (Å²) in [7, 11) is 0. The van der Waals surface area contributed by atoms with Crippen LogP contribution in [0.15, 0.2) is 54.6 Å². The number of hydrogen-bond donors (Lipinski definition) is 1. The molecule has 1 saturated carbocycles. The highest BCUT2D eigenvalue weighted by Gasteiger charge is 2.30. The maximum absolute atomic E-state index is 14.7. The fraction of sp³-hybridized carbons (Fsp3) is 0.321. The van der Waals surface area contributed by atoms with E-state index < -0.39 is 11.7 Å². The van der Waals surface area contributed by atoms with Crippen LogP contribution in [0, 0.1) is 5.82 Å².